The molecule has 0 bridgehead atoms. The van der Waals surface area contributed by atoms with E-state index in [1.54, 1.807) is 6.26 Å². The number of nitrogens with one attached hydrogen (secondary N) is 1. The van der Waals surface area contributed by atoms with Crippen molar-refractivity contribution in [3.8, 4) is 0 Å². The van der Waals surface area contributed by atoms with Crippen LogP contribution in [0.3, 0.4) is 0 Å². The van der Waals surface area contributed by atoms with Crippen LogP contribution in [0.2, 0.25) is 0 Å². The second-order valence-corrected chi connectivity index (χ2v) is 6.04. The summed E-state index contributed by atoms with van der Waals surface area (Å²) < 4.78 is 21.4. The number of ether oxygens (including phenoxy) is 2. The Morgan fingerprint density at radius 1 is 1.33 bits per heavy atom. The fraction of sp³-hybridized carbons (Fsp3) is 1.00. The van der Waals surface area contributed by atoms with Crippen LogP contribution < -0.4 is 5.32 Å². The summed E-state index contributed by atoms with van der Waals surface area (Å²) in [6, 6.07) is 0. The van der Waals surface area contributed by atoms with Gasteiger partial charge in [-0.25, -0.2) is 0 Å². The SMILES string of the molecule is CC(C)OCCOCC(O)CNCCCS(C)=O. The lowest BCUT2D eigenvalue weighted by atomic mass is 10.3. The number of hydrogen-bond donors (Lipinski definition) is 2. The molecule has 0 aliphatic rings. The van der Waals surface area contributed by atoms with Crippen molar-refractivity contribution >= 4 is 10.8 Å². The van der Waals surface area contributed by atoms with Gasteiger partial charge in [0.05, 0.1) is 32.0 Å². The van der Waals surface area contributed by atoms with Gasteiger partial charge in [-0.15, -0.1) is 0 Å². The molecule has 18 heavy (non-hydrogen) atoms. The molecule has 0 amide bonds. The Labute approximate surface area is 113 Å². The quantitative estimate of drug-likeness (QED) is 0.498. The van der Waals surface area contributed by atoms with Gasteiger partial charge >= 0.3 is 0 Å². The summed E-state index contributed by atoms with van der Waals surface area (Å²) in [5, 5.41) is 12.7. The van der Waals surface area contributed by atoms with Crippen molar-refractivity contribution in [3.05, 3.63) is 0 Å². The maximum atomic E-state index is 10.8. The molecule has 0 heterocycles. The van der Waals surface area contributed by atoms with E-state index in [9.17, 15) is 9.32 Å². The standard InChI is InChI=1S/C12H27NO4S/c1-11(2)17-7-6-16-10-12(14)9-13-5-4-8-18(3)15/h11-14H,4-10H2,1-3H3. The van der Waals surface area contributed by atoms with Gasteiger partial charge in [0, 0.05) is 29.4 Å². The summed E-state index contributed by atoms with van der Waals surface area (Å²) in [5.41, 5.74) is 0. The fourth-order valence-electron chi connectivity index (χ4n) is 1.29. The summed E-state index contributed by atoms with van der Waals surface area (Å²) in [6.45, 7) is 6.59. The Morgan fingerprint density at radius 3 is 2.67 bits per heavy atom. The fourth-order valence-corrected chi connectivity index (χ4v) is 1.84. The van der Waals surface area contributed by atoms with Crippen LogP contribution in [0.15, 0.2) is 0 Å². The minimum absolute atomic E-state index is 0.212. The molecule has 5 nitrogen and oxygen atoms in total. The van der Waals surface area contributed by atoms with Crippen molar-refractivity contribution in [2.45, 2.75) is 32.5 Å². The van der Waals surface area contributed by atoms with E-state index in [1.165, 1.54) is 0 Å². The second kappa shape index (κ2) is 12.0. The molecule has 0 aromatic carbocycles. The van der Waals surface area contributed by atoms with Gasteiger partial charge in [0.25, 0.3) is 0 Å². The van der Waals surface area contributed by atoms with E-state index in [1.807, 2.05) is 13.8 Å². The first kappa shape index (κ1) is 18.0. The minimum Gasteiger partial charge on any atom is -0.389 e. The number of aliphatic hydroxyl groups excluding tert-OH is 1. The summed E-state index contributed by atoms with van der Waals surface area (Å²) >= 11 is 0. The highest BCUT2D eigenvalue weighted by atomic mass is 32.2. The highest BCUT2D eigenvalue weighted by molar-refractivity contribution is 7.84. The molecule has 0 fully saturated rings. The molecule has 0 aliphatic carbocycles. The van der Waals surface area contributed by atoms with E-state index in [4.69, 9.17) is 9.47 Å². The summed E-state index contributed by atoms with van der Waals surface area (Å²) in [5.74, 6) is 0.701. The Hall–Kier alpha value is -0.0100. The molecule has 0 rings (SSSR count). The van der Waals surface area contributed by atoms with E-state index < -0.39 is 16.9 Å². The lowest BCUT2D eigenvalue weighted by Crippen LogP contribution is -2.31. The van der Waals surface area contributed by atoms with E-state index in [2.05, 4.69) is 5.32 Å². The molecule has 0 aromatic heterocycles. The van der Waals surface area contributed by atoms with Crippen molar-refractivity contribution in [1.82, 2.24) is 5.32 Å². The summed E-state index contributed by atoms with van der Waals surface area (Å²) in [7, 11) is -0.732. The molecule has 110 valence electrons. The monoisotopic (exact) mass is 281 g/mol. The molecular weight excluding hydrogens is 254 g/mol. The molecule has 0 radical (unpaired) electrons. The van der Waals surface area contributed by atoms with E-state index in [-0.39, 0.29) is 6.10 Å². The van der Waals surface area contributed by atoms with Crippen molar-refractivity contribution in [2.24, 2.45) is 0 Å². The van der Waals surface area contributed by atoms with Crippen LogP contribution in [0.1, 0.15) is 20.3 Å². The molecule has 2 unspecified atom stereocenters. The van der Waals surface area contributed by atoms with Crippen molar-refractivity contribution in [1.29, 1.82) is 0 Å². The first-order valence-corrected chi connectivity index (χ1v) is 8.13. The largest absolute Gasteiger partial charge is 0.389 e. The van der Waals surface area contributed by atoms with Crippen LogP contribution in [-0.4, -0.2) is 66.4 Å². The molecule has 0 spiro atoms. The normalized spacial score (nSPS) is 14.9. The van der Waals surface area contributed by atoms with Gasteiger partial charge in [0.2, 0.25) is 0 Å². The van der Waals surface area contributed by atoms with Crippen LogP contribution >= 0.6 is 0 Å². The van der Waals surface area contributed by atoms with Crippen LogP contribution in [0, 0.1) is 0 Å². The third-order valence-corrected chi connectivity index (χ3v) is 3.02. The van der Waals surface area contributed by atoms with E-state index >= 15 is 0 Å². The highest BCUT2D eigenvalue weighted by Gasteiger charge is 2.03. The highest BCUT2D eigenvalue weighted by Crippen LogP contribution is 1.89. The van der Waals surface area contributed by atoms with Gasteiger partial charge < -0.3 is 19.9 Å². The smallest absolute Gasteiger partial charge is 0.0897 e. The number of aliphatic hydroxyl groups is 1. The van der Waals surface area contributed by atoms with Crippen molar-refractivity contribution in [2.75, 3.05) is 44.9 Å². The Bertz CT molecular complexity index is 214. The topological polar surface area (TPSA) is 67.8 Å². The Kier molecular flexibility index (Phi) is 12.0. The third-order valence-electron chi connectivity index (χ3n) is 2.15. The number of hydrogen-bond acceptors (Lipinski definition) is 5. The molecule has 2 N–H and O–H groups in total. The summed E-state index contributed by atoms with van der Waals surface area (Å²) in [4.78, 5) is 0. The molecule has 6 heteroatoms. The lowest BCUT2D eigenvalue weighted by Gasteiger charge is -2.13. The second-order valence-electron chi connectivity index (χ2n) is 4.48. The average molecular weight is 281 g/mol. The number of rotatable bonds is 12. The van der Waals surface area contributed by atoms with Gasteiger partial charge in [-0.1, -0.05) is 0 Å². The first-order valence-electron chi connectivity index (χ1n) is 6.40. The van der Waals surface area contributed by atoms with E-state index in [0.29, 0.717) is 32.1 Å². The van der Waals surface area contributed by atoms with Crippen LogP contribution in [0.4, 0.5) is 0 Å². The summed E-state index contributed by atoms with van der Waals surface area (Å²) in [6.07, 6.45) is 2.27. The average Bonchev–Trinajstić information content (AvgIpc) is 2.27. The maximum absolute atomic E-state index is 10.8. The predicted molar refractivity (Wildman–Crippen MR) is 74.3 cm³/mol. The maximum Gasteiger partial charge on any atom is 0.0897 e. The molecule has 0 aliphatic heterocycles. The lowest BCUT2D eigenvalue weighted by molar-refractivity contribution is -0.00990. The predicted octanol–water partition coefficient (Wildman–Crippen LogP) is 0.147. The third kappa shape index (κ3) is 14.1. The zero-order valence-corrected chi connectivity index (χ0v) is 12.5. The van der Waals surface area contributed by atoms with Crippen molar-refractivity contribution < 1.29 is 18.8 Å². The zero-order valence-electron chi connectivity index (χ0n) is 11.7. The molecule has 0 aromatic rings. The van der Waals surface area contributed by atoms with Gasteiger partial charge in [-0.2, -0.15) is 0 Å². The van der Waals surface area contributed by atoms with Crippen LogP contribution in [-0.2, 0) is 20.3 Å². The molecule has 0 saturated heterocycles. The van der Waals surface area contributed by atoms with Gasteiger partial charge in [0.15, 0.2) is 0 Å². The van der Waals surface area contributed by atoms with Gasteiger partial charge in [-0.05, 0) is 26.8 Å². The van der Waals surface area contributed by atoms with Gasteiger partial charge in [0.1, 0.15) is 0 Å². The molecule has 2 atom stereocenters. The van der Waals surface area contributed by atoms with Gasteiger partial charge in [-0.3, -0.25) is 4.21 Å². The Balaban J connectivity index is 3.22. The molecule has 0 saturated carbocycles. The van der Waals surface area contributed by atoms with Crippen molar-refractivity contribution in [3.63, 3.8) is 0 Å². The molecular formula is C12H27NO4S. The Morgan fingerprint density at radius 2 is 2.06 bits per heavy atom. The van der Waals surface area contributed by atoms with E-state index in [0.717, 1.165) is 13.0 Å². The zero-order chi connectivity index (χ0) is 13.8. The van der Waals surface area contributed by atoms with Crippen LogP contribution in [0.5, 0.6) is 0 Å². The first-order chi connectivity index (χ1) is 8.52. The minimum atomic E-state index is -0.732. The van der Waals surface area contributed by atoms with Crippen LogP contribution in [0.25, 0.3) is 0 Å².